The lowest BCUT2D eigenvalue weighted by Crippen LogP contribution is -2.23. The predicted octanol–water partition coefficient (Wildman–Crippen LogP) is 7.45. The van der Waals surface area contributed by atoms with E-state index in [9.17, 15) is 4.79 Å². The Morgan fingerprint density at radius 1 is 1.11 bits per heavy atom. The van der Waals surface area contributed by atoms with Gasteiger partial charge in [-0.1, -0.05) is 59.0 Å². The average molecular weight is 589 g/mol. The number of hydrogen-bond acceptors (Lipinski definition) is 5. The highest BCUT2D eigenvalue weighted by molar-refractivity contribution is 9.10. The fraction of sp³-hybridized carbons (Fsp3) is 0.222. The Hall–Kier alpha value is -2.87. The van der Waals surface area contributed by atoms with Crippen LogP contribution < -0.4 is 15.0 Å². The second-order valence-corrected chi connectivity index (χ2v) is 10.00. The molecule has 4 aromatic rings. The summed E-state index contributed by atoms with van der Waals surface area (Å²) in [5.74, 6) is 1.74. The Balaban J connectivity index is 1.65. The molecule has 186 valence electrons. The second-order valence-electron chi connectivity index (χ2n) is 8.24. The van der Waals surface area contributed by atoms with E-state index in [1.165, 1.54) is 4.68 Å². The lowest BCUT2D eigenvalue weighted by atomic mass is 10.1. The highest BCUT2D eigenvalue weighted by atomic mass is 79.9. The van der Waals surface area contributed by atoms with Crippen LogP contribution >= 0.6 is 39.1 Å². The fourth-order valence-electron chi connectivity index (χ4n) is 3.58. The molecule has 0 radical (unpaired) electrons. The van der Waals surface area contributed by atoms with Gasteiger partial charge in [0.25, 0.3) is 5.56 Å². The molecule has 4 rings (SSSR count). The molecule has 0 aliphatic heterocycles. The third-order valence-electron chi connectivity index (χ3n) is 5.79. The Labute approximate surface area is 227 Å². The molecule has 0 bridgehead atoms. The first-order chi connectivity index (χ1) is 17.3. The van der Waals surface area contributed by atoms with Crippen molar-refractivity contribution < 1.29 is 9.47 Å². The van der Waals surface area contributed by atoms with Crippen LogP contribution in [0.1, 0.15) is 43.1 Å². The molecule has 0 fully saturated rings. The van der Waals surface area contributed by atoms with Crippen LogP contribution in [-0.2, 0) is 6.61 Å². The van der Waals surface area contributed by atoms with E-state index in [0.29, 0.717) is 38.3 Å². The van der Waals surface area contributed by atoms with Gasteiger partial charge in [0, 0.05) is 26.0 Å². The van der Waals surface area contributed by atoms with Crippen molar-refractivity contribution >= 4 is 56.2 Å². The smallest absolute Gasteiger partial charge is 0.282 e. The second kappa shape index (κ2) is 11.5. The molecule has 0 spiro atoms. The van der Waals surface area contributed by atoms with E-state index in [-0.39, 0.29) is 18.1 Å². The van der Waals surface area contributed by atoms with Gasteiger partial charge in [0.15, 0.2) is 11.5 Å². The summed E-state index contributed by atoms with van der Waals surface area (Å²) < 4.78 is 13.6. The Morgan fingerprint density at radius 2 is 1.92 bits per heavy atom. The van der Waals surface area contributed by atoms with E-state index in [0.717, 1.165) is 22.0 Å². The number of hydrogen-bond donors (Lipinski definition) is 0. The molecule has 1 heterocycles. The summed E-state index contributed by atoms with van der Waals surface area (Å²) >= 11 is 15.6. The molecule has 0 unspecified atom stereocenters. The monoisotopic (exact) mass is 587 g/mol. The van der Waals surface area contributed by atoms with Crippen molar-refractivity contribution in [2.75, 3.05) is 7.11 Å². The minimum atomic E-state index is -0.223. The van der Waals surface area contributed by atoms with Gasteiger partial charge in [-0.3, -0.25) is 4.79 Å². The van der Waals surface area contributed by atoms with Gasteiger partial charge >= 0.3 is 0 Å². The van der Waals surface area contributed by atoms with Crippen molar-refractivity contribution in [3.63, 3.8) is 0 Å². The van der Waals surface area contributed by atoms with Gasteiger partial charge in [-0.05, 0) is 60.5 Å². The fourth-order valence-corrected chi connectivity index (χ4v) is 4.41. The van der Waals surface area contributed by atoms with Crippen LogP contribution in [0.5, 0.6) is 11.5 Å². The van der Waals surface area contributed by atoms with Crippen LogP contribution in [0.25, 0.3) is 10.9 Å². The van der Waals surface area contributed by atoms with Gasteiger partial charge in [-0.25, -0.2) is 4.98 Å². The molecule has 0 aliphatic carbocycles. The van der Waals surface area contributed by atoms with Crippen LogP contribution in [-0.4, -0.2) is 23.0 Å². The molecule has 0 saturated heterocycles. The van der Waals surface area contributed by atoms with Crippen molar-refractivity contribution in [3.05, 3.63) is 96.4 Å². The van der Waals surface area contributed by atoms with E-state index in [2.05, 4.69) is 28.0 Å². The maximum Gasteiger partial charge on any atom is 0.282 e. The summed E-state index contributed by atoms with van der Waals surface area (Å²) in [6.07, 6.45) is 2.43. The zero-order valence-electron chi connectivity index (χ0n) is 20.0. The Morgan fingerprint density at radius 3 is 2.64 bits per heavy atom. The van der Waals surface area contributed by atoms with Gasteiger partial charge in [0.1, 0.15) is 12.4 Å². The predicted molar refractivity (Wildman–Crippen MR) is 149 cm³/mol. The maximum absolute atomic E-state index is 13.3. The van der Waals surface area contributed by atoms with E-state index in [1.54, 1.807) is 43.7 Å². The van der Waals surface area contributed by atoms with Gasteiger partial charge in [-0.15, -0.1) is 0 Å². The standard InChI is InChI=1S/C27H24BrCl2N3O3/c1-4-16(2)26-32-23-9-7-19(28)12-21(23)27(34)33(26)31-14-17-5-10-24(25(11-17)35-3)36-15-18-6-8-20(29)13-22(18)30/h5-14,16H,4,15H2,1-3H3/t16-/m0/s1. The first-order valence-corrected chi connectivity index (χ1v) is 12.9. The number of fused-ring (bicyclic) bond motifs is 1. The molecular formula is C27H24BrCl2N3O3. The number of ether oxygens (including phenoxy) is 2. The third kappa shape index (κ3) is 5.75. The molecule has 1 aromatic heterocycles. The highest BCUT2D eigenvalue weighted by Gasteiger charge is 2.16. The molecule has 0 saturated carbocycles. The summed E-state index contributed by atoms with van der Waals surface area (Å²) in [4.78, 5) is 18.1. The normalized spacial score (nSPS) is 12.3. The molecule has 36 heavy (non-hydrogen) atoms. The van der Waals surface area contributed by atoms with Crippen molar-refractivity contribution in [1.82, 2.24) is 9.66 Å². The minimum absolute atomic E-state index is 0.0490. The topological polar surface area (TPSA) is 65.7 Å². The SMILES string of the molecule is CC[C@H](C)c1nc2ccc(Br)cc2c(=O)n1N=Cc1ccc(OCc2ccc(Cl)cc2Cl)c(OC)c1. The van der Waals surface area contributed by atoms with Crippen LogP contribution in [0.2, 0.25) is 10.0 Å². The van der Waals surface area contributed by atoms with E-state index < -0.39 is 0 Å². The summed E-state index contributed by atoms with van der Waals surface area (Å²) in [7, 11) is 1.56. The summed E-state index contributed by atoms with van der Waals surface area (Å²) in [6.45, 7) is 4.34. The number of benzene rings is 3. The molecule has 0 aliphatic rings. The largest absolute Gasteiger partial charge is 0.493 e. The zero-order valence-corrected chi connectivity index (χ0v) is 23.1. The molecule has 0 amide bonds. The molecule has 0 N–H and O–H groups in total. The number of aromatic nitrogens is 2. The number of nitrogens with zero attached hydrogens (tertiary/aromatic N) is 3. The summed E-state index contributed by atoms with van der Waals surface area (Å²) in [6, 6.07) is 16.2. The van der Waals surface area contributed by atoms with Crippen molar-refractivity contribution in [1.29, 1.82) is 0 Å². The quantitative estimate of drug-likeness (QED) is 0.200. The molecule has 9 heteroatoms. The molecule has 6 nitrogen and oxygen atoms in total. The number of methoxy groups -OCH3 is 1. The highest BCUT2D eigenvalue weighted by Crippen LogP contribution is 2.30. The lowest BCUT2D eigenvalue weighted by Gasteiger charge is -2.14. The summed E-state index contributed by atoms with van der Waals surface area (Å²) in [5, 5.41) is 6.11. The Kier molecular flexibility index (Phi) is 8.34. The van der Waals surface area contributed by atoms with Crippen LogP contribution in [0.15, 0.2) is 69.0 Å². The first-order valence-electron chi connectivity index (χ1n) is 11.3. The van der Waals surface area contributed by atoms with E-state index >= 15 is 0 Å². The van der Waals surface area contributed by atoms with Crippen molar-refractivity contribution in [2.24, 2.45) is 5.10 Å². The number of rotatable bonds is 8. The zero-order chi connectivity index (χ0) is 25.8. The van der Waals surface area contributed by atoms with E-state index in [4.69, 9.17) is 37.7 Å². The van der Waals surface area contributed by atoms with Gasteiger partial charge in [0.2, 0.25) is 0 Å². The minimum Gasteiger partial charge on any atom is -0.493 e. The maximum atomic E-state index is 13.3. The van der Waals surface area contributed by atoms with Crippen LogP contribution in [0.4, 0.5) is 0 Å². The van der Waals surface area contributed by atoms with Crippen LogP contribution in [0, 0.1) is 0 Å². The van der Waals surface area contributed by atoms with Crippen molar-refractivity contribution in [2.45, 2.75) is 32.8 Å². The first kappa shape index (κ1) is 26.2. The molecular weight excluding hydrogens is 565 g/mol. The number of halogens is 3. The third-order valence-corrected chi connectivity index (χ3v) is 6.87. The lowest BCUT2D eigenvalue weighted by molar-refractivity contribution is 0.284. The van der Waals surface area contributed by atoms with Gasteiger partial charge in [-0.2, -0.15) is 9.78 Å². The average Bonchev–Trinajstić information content (AvgIpc) is 2.87. The summed E-state index contributed by atoms with van der Waals surface area (Å²) in [5.41, 5.74) is 1.97. The molecule has 3 aromatic carbocycles. The van der Waals surface area contributed by atoms with Gasteiger partial charge < -0.3 is 9.47 Å². The van der Waals surface area contributed by atoms with Crippen LogP contribution in [0.3, 0.4) is 0 Å². The molecule has 1 atom stereocenters. The Bertz CT molecular complexity index is 1500. The van der Waals surface area contributed by atoms with Gasteiger partial charge in [0.05, 0.1) is 24.2 Å². The van der Waals surface area contributed by atoms with E-state index in [1.807, 2.05) is 31.2 Å². The van der Waals surface area contributed by atoms with Crippen molar-refractivity contribution in [3.8, 4) is 11.5 Å².